The van der Waals surface area contributed by atoms with E-state index in [1.807, 2.05) is 35.2 Å². The Morgan fingerprint density at radius 1 is 0.923 bits per heavy atom. The molecule has 5 heteroatoms. The molecule has 1 aliphatic rings. The molecule has 0 aliphatic carbocycles. The Morgan fingerprint density at radius 3 is 2.27 bits per heavy atom. The van der Waals surface area contributed by atoms with Crippen LogP contribution >= 0.6 is 0 Å². The normalized spacial score (nSPS) is 14.9. The van der Waals surface area contributed by atoms with E-state index in [9.17, 15) is 4.79 Å². The van der Waals surface area contributed by atoms with Crippen molar-refractivity contribution in [1.29, 1.82) is 0 Å². The van der Waals surface area contributed by atoms with E-state index >= 15 is 0 Å². The van der Waals surface area contributed by atoms with Crippen LogP contribution in [-0.4, -0.2) is 62.7 Å². The molecule has 2 aromatic rings. The summed E-state index contributed by atoms with van der Waals surface area (Å²) in [7, 11) is 3.30. The summed E-state index contributed by atoms with van der Waals surface area (Å²) in [5.41, 5.74) is 2.00. The predicted octanol–water partition coefficient (Wildman–Crippen LogP) is 2.70. The van der Waals surface area contributed by atoms with E-state index in [-0.39, 0.29) is 5.91 Å². The maximum atomic E-state index is 12.7. The minimum absolute atomic E-state index is 0.0821. The van der Waals surface area contributed by atoms with E-state index < -0.39 is 0 Å². The Kier molecular flexibility index (Phi) is 6.12. The highest BCUT2D eigenvalue weighted by atomic mass is 16.5. The number of ether oxygens (including phenoxy) is 2. The fourth-order valence-electron chi connectivity index (χ4n) is 3.19. The Hall–Kier alpha value is -2.53. The van der Waals surface area contributed by atoms with Crippen LogP contribution in [0.2, 0.25) is 0 Å². The van der Waals surface area contributed by atoms with Gasteiger partial charge >= 0.3 is 0 Å². The molecule has 1 aliphatic heterocycles. The van der Waals surface area contributed by atoms with Crippen molar-refractivity contribution in [3.63, 3.8) is 0 Å². The maximum Gasteiger partial charge on any atom is 0.254 e. The van der Waals surface area contributed by atoms with Crippen LogP contribution in [0.4, 0.5) is 0 Å². The monoisotopic (exact) mass is 354 g/mol. The van der Waals surface area contributed by atoms with Crippen LogP contribution in [0, 0.1) is 0 Å². The molecule has 0 bridgehead atoms. The number of carbonyl (C=O) groups excluding carboxylic acids is 1. The van der Waals surface area contributed by atoms with Crippen LogP contribution in [0.3, 0.4) is 0 Å². The summed E-state index contributed by atoms with van der Waals surface area (Å²) in [6.07, 6.45) is 1.01. The third-order valence-corrected chi connectivity index (χ3v) is 4.85. The van der Waals surface area contributed by atoms with Crippen molar-refractivity contribution < 1.29 is 14.3 Å². The first-order chi connectivity index (χ1) is 12.7. The molecule has 1 fully saturated rings. The zero-order chi connectivity index (χ0) is 18.4. The van der Waals surface area contributed by atoms with Crippen LogP contribution in [0.1, 0.15) is 15.9 Å². The van der Waals surface area contributed by atoms with Gasteiger partial charge in [-0.2, -0.15) is 0 Å². The van der Waals surface area contributed by atoms with Crippen molar-refractivity contribution in [2.24, 2.45) is 0 Å². The molecule has 138 valence electrons. The summed E-state index contributed by atoms with van der Waals surface area (Å²) in [5.74, 6) is 1.69. The van der Waals surface area contributed by atoms with Gasteiger partial charge in [0.15, 0.2) is 0 Å². The Balaban J connectivity index is 1.48. The lowest BCUT2D eigenvalue weighted by atomic mass is 10.1. The van der Waals surface area contributed by atoms with Crippen molar-refractivity contribution in [3.05, 3.63) is 59.7 Å². The van der Waals surface area contributed by atoms with Crippen molar-refractivity contribution >= 4 is 5.91 Å². The fraction of sp³-hybridized carbons (Fsp3) is 0.381. The van der Waals surface area contributed by atoms with Crippen LogP contribution < -0.4 is 9.47 Å². The molecule has 0 unspecified atom stereocenters. The van der Waals surface area contributed by atoms with Crippen molar-refractivity contribution in [1.82, 2.24) is 9.80 Å². The molecule has 3 rings (SSSR count). The summed E-state index contributed by atoms with van der Waals surface area (Å²) >= 11 is 0. The summed E-state index contributed by atoms with van der Waals surface area (Å²) < 4.78 is 10.4. The van der Waals surface area contributed by atoms with Crippen LogP contribution in [0.25, 0.3) is 0 Å². The zero-order valence-corrected chi connectivity index (χ0v) is 15.5. The quantitative estimate of drug-likeness (QED) is 0.800. The number of piperazine rings is 1. The number of methoxy groups -OCH3 is 2. The predicted molar refractivity (Wildman–Crippen MR) is 102 cm³/mol. The Labute approximate surface area is 155 Å². The molecule has 1 saturated heterocycles. The van der Waals surface area contributed by atoms with Gasteiger partial charge in [0.05, 0.1) is 14.2 Å². The molecule has 0 radical (unpaired) electrons. The van der Waals surface area contributed by atoms with Gasteiger partial charge in [0.25, 0.3) is 5.91 Å². The van der Waals surface area contributed by atoms with Gasteiger partial charge in [-0.1, -0.05) is 18.2 Å². The number of hydrogen-bond acceptors (Lipinski definition) is 4. The van der Waals surface area contributed by atoms with Gasteiger partial charge in [-0.05, 0) is 42.3 Å². The SMILES string of the molecule is COc1ccc(CCN2CCN(C(=O)c3cccc(OC)c3)CC2)cc1. The second kappa shape index (κ2) is 8.72. The first-order valence-electron chi connectivity index (χ1n) is 8.98. The van der Waals surface area contributed by atoms with Crippen LogP contribution in [0.5, 0.6) is 11.5 Å². The van der Waals surface area contributed by atoms with E-state index in [1.54, 1.807) is 20.3 Å². The largest absolute Gasteiger partial charge is 0.497 e. The van der Waals surface area contributed by atoms with Gasteiger partial charge in [-0.25, -0.2) is 0 Å². The van der Waals surface area contributed by atoms with Crippen LogP contribution in [-0.2, 0) is 6.42 Å². The molecule has 0 saturated carbocycles. The topological polar surface area (TPSA) is 42.0 Å². The average molecular weight is 354 g/mol. The molecule has 0 aromatic heterocycles. The number of carbonyl (C=O) groups is 1. The van der Waals surface area contributed by atoms with Gasteiger partial charge in [0.1, 0.15) is 11.5 Å². The summed E-state index contributed by atoms with van der Waals surface area (Å²) in [6, 6.07) is 15.6. The summed E-state index contributed by atoms with van der Waals surface area (Å²) in [5, 5.41) is 0. The van der Waals surface area contributed by atoms with Crippen molar-refractivity contribution in [2.75, 3.05) is 46.9 Å². The van der Waals surface area contributed by atoms with Gasteiger partial charge in [-0.3, -0.25) is 9.69 Å². The highest BCUT2D eigenvalue weighted by molar-refractivity contribution is 5.94. The lowest BCUT2D eigenvalue weighted by Gasteiger charge is -2.34. The fourth-order valence-corrected chi connectivity index (χ4v) is 3.19. The zero-order valence-electron chi connectivity index (χ0n) is 15.5. The molecular weight excluding hydrogens is 328 g/mol. The maximum absolute atomic E-state index is 12.7. The molecule has 2 aromatic carbocycles. The third kappa shape index (κ3) is 4.55. The lowest BCUT2D eigenvalue weighted by molar-refractivity contribution is 0.0638. The van der Waals surface area contributed by atoms with E-state index in [2.05, 4.69) is 17.0 Å². The minimum Gasteiger partial charge on any atom is -0.497 e. The standard InChI is InChI=1S/C21H26N2O3/c1-25-19-8-6-17(7-9-19)10-11-22-12-14-23(15-13-22)21(24)18-4-3-5-20(16-18)26-2/h3-9,16H,10-15H2,1-2H3. The molecular formula is C21H26N2O3. The first kappa shape index (κ1) is 18.3. The highest BCUT2D eigenvalue weighted by Crippen LogP contribution is 2.16. The molecule has 0 spiro atoms. The van der Waals surface area contributed by atoms with E-state index in [4.69, 9.17) is 9.47 Å². The molecule has 1 heterocycles. The number of hydrogen-bond donors (Lipinski definition) is 0. The van der Waals surface area contributed by atoms with Gasteiger partial charge in [0.2, 0.25) is 0 Å². The molecule has 5 nitrogen and oxygen atoms in total. The molecule has 1 amide bonds. The number of rotatable bonds is 6. The third-order valence-electron chi connectivity index (χ3n) is 4.85. The smallest absolute Gasteiger partial charge is 0.254 e. The van der Waals surface area contributed by atoms with Gasteiger partial charge < -0.3 is 14.4 Å². The second-order valence-corrected chi connectivity index (χ2v) is 6.46. The van der Waals surface area contributed by atoms with E-state index in [1.165, 1.54) is 5.56 Å². The van der Waals surface area contributed by atoms with E-state index in [0.29, 0.717) is 11.3 Å². The van der Waals surface area contributed by atoms with Crippen LogP contribution in [0.15, 0.2) is 48.5 Å². The van der Waals surface area contributed by atoms with E-state index in [0.717, 1.165) is 44.9 Å². The number of nitrogens with zero attached hydrogens (tertiary/aromatic N) is 2. The highest BCUT2D eigenvalue weighted by Gasteiger charge is 2.22. The number of amides is 1. The van der Waals surface area contributed by atoms with Gasteiger partial charge in [-0.15, -0.1) is 0 Å². The van der Waals surface area contributed by atoms with Gasteiger partial charge in [0, 0.05) is 38.3 Å². The lowest BCUT2D eigenvalue weighted by Crippen LogP contribution is -2.49. The number of benzene rings is 2. The summed E-state index contributed by atoms with van der Waals surface area (Å²) in [6.45, 7) is 4.35. The first-order valence-corrected chi connectivity index (χ1v) is 8.98. The van der Waals surface area contributed by atoms with Crippen molar-refractivity contribution in [2.45, 2.75) is 6.42 Å². The Bertz CT molecular complexity index is 722. The second-order valence-electron chi connectivity index (χ2n) is 6.46. The summed E-state index contributed by atoms with van der Waals surface area (Å²) in [4.78, 5) is 17.0. The Morgan fingerprint density at radius 2 is 1.62 bits per heavy atom. The molecule has 0 N–H and O–H groups in total. The molecule has 26 heavy (non-hydrogen) atoms. The molecule has 0 atom stereocenters. The average Bonchev–Trinajstić information content (AvgIpc) is 2.72. The minimum atomic E-state index is 0.0821. The van der Waals surface area contributed by atoms with Crippen molar-refractivity contribution in [3.8, 4) is 11.5 Å².